The van der Waals surface area contributed by atoms with Gasteiger partial charge < -0.3 is 14.6 Å². The van der Waals surface area contributed by atoms with Crippen molar-refractivity contribution in [1.82, 2.24) is 4.98 Å². The first-order valence-corrected chi connectivity index (χ1v) is 14.2. The van der Waals surface area contributed by atoms with Gasteiger partial charge in [0.25, 0.3) is 5.78 Å². The number of ether oxygens (including phenoxy) is 2. The minimum Gasteiger partial charge on any atom is -0.507 e. The summed E-state index contributed by atoms with van der Waals surface area (Å²) in [5.74, 6) is -0.162. The standard InChI is InChI=1S/C32H32N2O5S/c1-5-38-25-18-22(12-14-24(25)39-16-15-19(2)3)28-27(29(35)21-9-7-6-8-10-21)30(36)31(37)34(28)32-33-23-13-11-20(4)17-26(23)40-32/h6-14,17-19,28,35H,5,15-16H2,1-4H3/b29-27+. The van der Waals surface area contributed by atoms with Gasteiger partial charge in [0.2, 0.25) is 0 Å². The molecule has 3 aromatic carbocycles. The Morgan fingerprint density at radius 3 is 2.52 bits per heavy atom. The Balaban J connectivity index is 1.66. The number of aliphatic hydroxyl groups is 1. The molecule has 1 aliphatic rings. The van der Waals surface area contributed by atoms with E-state index < -0.39 is 17.7 Å². The maximum Gasteiger partial charge on any atom is 0.301 e. The maximum absolute atomic E-state index is 13.6. The highest BCUT2D eigenvalue weighted by atomic mass is 32.1. The average molecular weight is 557 g/mol. The molecule has 0 aliphatic carbocycles. The van der Waals surface area contributed by atoms with Crippen LogP contribution in [0.1, 0.15) is 49.9 Å². The molecule has 1 unspecified atom stereocenters. The van der Waals surface area contributed by atoms with Gasteiger partial charge >= 0.3 is 5.91 Å². The monoisotopic (exact) mass is 556 g/mol. The third-order valence-corrected chi connectivity index (χ3v) is 7.78. The number of nitrogens with zero attached hydrogens (tertiary/aromatic N) is 2. The van der Waals surface area contributed by atoms with E-state index in [-0.39, 0.29) is 11.3 Å². The van der Waals surface area contributed by atoms with Gasteiger partial charge in [0, 0.05) is 5.56 Å². The van der Waals surface area contributed by atoms with Gasteiger partial charge in [0.15, 0.2) is 16.6 Å². The summed E-state index contributed by atoms with van der Waals surface area (Å²) < 4.78 is 12.9. The molecule has 0 spiro atoms. The molecule has 40 heavy (non-hydrogen) atoms. The molecule has 0 saturated carbocycles. The summed E-state index contributed by atoms with van der Waals surface area (Å²) in [7, 11) is 0. The number of Topliss-reactive ketones (excluding diaryl/α,β-unsaturated/α-hetero) is 1. The third kappa shape index (κ3) is 5.31. The van der Waals surface area contributed by atoms with Crippen molar-refractivity contribution in [3.05, 3.63) is 89.0 Å². The minimum atomic E-state index is -0.911. The van der Waals surface area contributed by atoms with Crippen LogP contribution in [-0.2, 0) is 9.59 Å². The molecule has 1 aliphatic heterocycles. The Hall–Kier alpha value is -4.17. The molecule has 1 aromatic heterocycles. The predicted octanol–water partition coefficient (Wildman–Crippen LogP) is 7.05. The van der Waals surface area contributed by atoms with Crippen LogP contribution in [0.15, 0.2) is 72.3 Å². The number of carbonyl (C=O) groups excluding carboxylic acids is 2. The first-order chi connectivity index (χ1) is 19.3. The van der Waals surface area contributed by atoms with Crippen LogP contribution in [0.2, 0.25) is 0 Å². The quantitative estimate of drug-likeness (QED) is 0.135. The van der Waals surface area contributed by atoms with Crippen LogP contribution in [0.25, 0.3) is 16.0 Å². The number of aromatic nitrogens is 1. The zero-order chi connectivity index (χ0) is 28.4. The highest BCUT2D eigenvalue weighted by molar-refractivity contribution is 7.22. The first kappa shape index (κ1) is 27.4. The smallest absolute Gasteiger partial charge is 0.301 e. The minimum absolute atomic E-state index is 0.00237. The van der Waals surface area contributed by atoms with Gasteiger partial charge in [-0.1, -0.05) is 67.6 Å². The van der Waals surface area contributed by atoms with Crippen LogP contribution < -0.4 is 14.4 Å². The Labute approximate surface area is 237 Å². The summed E-state index contributed by atoms with van der Waals surface area (Å²) in [5, 5.41) is 11.8. The van der Waals surface area contributed by atoms with Gasteiger partial charge in [-0.2, -0.15) is 0 Å². The molecule has 1 atom stereocenters. The summed E-state index contributed by atoms with van der Waals surface area (Å²) in [4.78, 5) is 33.3. The molecule has 8 heteroatoms. The van der Waals surface area contributed by atoms with Gasteiger partial charge in [-0.3, -0.25) is 14.5 Å². The molecular weight excluding hydrogens is 524 g/mol. The van der Waals surface area contributed by atoms with Crippen LogP contribution in [0.4, 0.5) is 5.13 Å². The molecule has 5 rings (SSSR count). The van der Waals surface area contributed by atoms with Crippen molar-refractivity contribution < 1.29 is 24.2 Å². The Bertz CT molecular complexity index is 1590. The zero-order valence-corrected chi connectivity index (χ0v) is 23.8. The fourth-order valence-electron chi connectivity index (χ4n) is 4.71. The summed E-state index contributed by atoms with van der Waals surface area (Å²) in [6.07, 6.45) is 0.891. The van der Waals surface area contributed by atoms with E-state index in [0.29, 0.717) is 46.9 Å². The van der Waals surface area contributed by atoms with Crippen molar-refractivity contribution in [1.29, 1.82) is 0 Å². The van der Waals surface area contributed by atoms with Crippen LogP contribution in [0.3, 0.4) is 0 Å². The number of aliphatic hydroxyl groups excluding tert-OH is 1. The fourth-order valence-corrected chi connectivity index (χ4v) is 5.80. The Kier molecular flexibility index (Phi) is 7.89. The van der Waals surface area contributed by atoms with Crippen molar-refractivity contribution in [2.75, 3.05) is 18.1 Å². The summed E-state index contributed by atoms with van der Waals surface area (Å²) >= 11 is 1.34. The molecule has 4 aromatic rings. The number of hydrogen-bond acceptors (Lipinski definition) is 7. The lowest BCUT2D eigenvalue weighted by molar-refractivity contribution is -0.132. The molecule has 7 nitrogen and oxygen atoms in total. The predicted molar refractivity (Wildman–Crippen MR) is 158 cm³/mol. The van der Waals surface area contributed by atoms with Crippen molar-refractivity contribution in [2.45, 2.75) is 40.2 Å². The van der Waals surface area contributed by atoms with E-state index in [9.17, 15) is 14.7 Å². The van der Waals surface area contributed by atoms with Crippen LogP contribution in [-0.4, -0.2) is 35.0 Å². The summed E-state index contributed by atoms with van der Waals surface area (Å²) in [6, 6.07) is 19.1. The fraction of sp³-hybridized carbons (Fsp3) is 0.281. The lowest BCUT2D eigenvalue weighted by Crippen LogP contribution is -2.29. The largest absolute Gasteiger partial charge is 0.507 e. The van der Waals surface area contributed by atoms with Gasteiger partial charge in [-0.05, 0) is 61.6 Å². The second-order valence-corrected chi connectivity index (χ2v) is 11.2. The molecule has 1 saturated heterocycles. The highest BCUT2D eigenvalue weighted by Gasteiger charge is 2.48. The number of carbonyl (C=O) groups is 2. The molecule has 0 bridgehead atoms. The molecule has 1 N–H and O–H groups in total. The van der Waals surface area contributed by atoms with Gasteiger partial charge in [0.05, 0.1) is 35.0 Å². The van der Waals surface area contributed by atoms with Crippen LogP contribution in [0, 0.1) is 12.8 Å². The number of anilines is 1. The normalized spacial score (nSPS) is 16.7. The topological polar surface area (TPSA) is 89.0 Å². The maximum atomic E-state index is 13.6. The number of amides is 1. The number of ketones is 1. The number of rotatable bonds is 9. The summed E-state index contributed by atoms with van der Waals surface area (Å²) in [5.41, 5.74) is 2.86. The number of benzene rings is 3. The molecule has 1 amide bonds. The SMILES string of the molecule is CCOc1cc(C2/C(=C(\O)c3ccccc3)C(=O)C(=O)N2c2nc3ccc(C)cc3s2)ccc1OCCC(C)C. The Morgan fingerprint density at radius 1 is 1.02 bits per heavy atom. The zero-order valence-electron chi connectivity index (χ0n) is 23.0. The molecule has 206 valence electrons. The first-order valence-electron chi connectivity index (χ1n) is 13.4. The van der Waals surface area contributed by atoms with E-state index >= 15 is 0 Å². The third-order valence-electron chi connectivity index (χ3n) is 6.77. The number of hydrogen-bond donors (Lipinski definition) is 1. The number of fused-ring (bicyclic) bond motifs is 1. The second-order valence-electron chi connectivity index (χ2n) is 10.2. The average Bonchev–Trinajstić information content (AvgIpc) is 3.47. The lowest BCUT2D eigenvalue weighted by Gasteiger charge is -2.24. The molecule has 0 radical (unpaired) electrons. The molecule has 1 fully saturated rings. The Morgan fingerprint density at radius 2 is 1.80 bits per heavy atom. The number of thiazole rings is 1. The van der Waals surface area contributed by atoms with Crippen molar-refractivity contribution in [3.8, 4) is 11.5 Å². The highest BCUT2D eigenvalue weighted by Crippen LogP contribution is 2.46. The number of aryl methyl sites for hydroxylation is 1. The van der Waals surface area contributed by atoms with E-state index in [2.05, 4.69) is 13.8 Å². The summed E-state index contributed by atoms with van der Waals surface area (Å²) in [6.45, 7) is 9.09. The van der Waals surface area contributed by atoms with E-state index in [4.69, 9.17) is 14.5 Å². The van der Waals surface area contributed by atoms with Crippen LogP contribution >= 0.6 is 11.3 Å². The molecular formula is C32H32N2O5S. The van der Waals surface area contributed by atoms with Crippen molar-refractivity contribution in [3.63, 3.8) is 0 Å². The van der Waals surface area contributed by atoms with E-state index in [1.165, 1.54) is 16.2 Å². The van der Waals surface area contributed by atoms with Crippen molar-refractivity contribution >= 4 is 44.1 Å². The second kappa shape index (κ2) is 11.5. The van der Waals surface area contributed by atoms with E-state index in [0.717, 1.165) is 22.2 Å². The molecule has 2 heterocycles. The lowest BCUT2D eigenvalue weighted by atomic mass is 9.95. The van der Waals surface area contributed by atoms with E-state index in [1.807, 2.05) is 44.2 Å². The van der Waals surface area contributed by atoms with Gasteiger partial charge in [0.1, 0.15) is 5.76 Å². The van der Waals surface area contributed by atoms with E-state index in [1.54, 1.807) is 36.4 Å². The van der Waals surface area contributed by atoms with Gasteiger partial charge in [-0.25, -0.2) is 4.98 Å². The van der Waals surface area contributed by atoms with Crippen LogP contribution in [0.5, 0.6) is 11.5 Å². The van der Waals surface area contributed by atoms with Crippen molar-refractivity contribution in [2.24, 2.45) is 5.92 Å². The van der Waals surface area contributed by atoms with Gasteiger partial charge in [-0.15, -0.1) is 0 Å².